The zero-order chi connectivity index (χ0) is 17.9. The first kappa shape index (κ1) is 16.3. The molecule has 0 unspecified atom stereocenters. The third-order valence-corrected chi connectivity index (χ3v) is 4.72. The van der Waals surface area contributed by atoms with Gasteiger partial charge in [0, 0.05) is 36.8 Å². The highest BCUT2D eigenvalue weighted by Crippen LogP contribution is 2.26. The smallest absolute Gasteiger partial charge is 0.158 e. The van der Waals surface area contributed by atoms with Crippen molar-refractivity contribution < 1.29 is 4.57 Å². The summed E-state index contributed by atoms with van der Waals surface area (Å²) >= 11 is 0. The molecule has 0 fully saturated rings. The second kappa shape index (κ2) is 6.97. The van der Waals surface area contributed by atoms with E-state index in [1.165, 1.54) is 39.3 Å². The largest absolute Gasteiger partial charge is 0.219 e. The average molecular weight is 336 g/mol. The first-order valence-electron chi connectivity index (χ1n) is 8.97. The Balaban J connectivity index is 1.97. The van der Waals surface area contributed by atoms with E-state index in [9.17, 15) is 0 Å². The van der Waals surface area contributed by atoms with Crippen LogP contribution in [-0.4, -0.2) is 0 Å². The maximum absolute atomic E-state index is 2.33. The molecule has 0 N–H and O–H groups in total. The standard InChI is InChI=1S/C25H22N/c1-19-13-15-24(16-14-19)26-20(2)17-23(21-9-5-3-6-10-21)18-25(26)22-11-7-4-8-12-22/h3-18H,1-2H3/q+1. The van der Waals surface area contributed by atoms with Crippen LogP contribution in [0, 0.1) is 13.8 Å². The fourth-order valence-corrected chi connectivity index (χ4v) is 3.39. The maximum Gasteiger partial charge on any atom is 0.219 e. The van der Waals surface area contributed by atoms with Crippen molar-refractivity contribution in [3.8, 4) is 28.1 Å². The average Bonchev–Trinajstić information content (AvgIpc) is 2.70. The Morgan fingerprint density at radius 1 is 0.538 bits per heavy atom. The van der Waals surface area contributed by atoms with Gasteiger partial charge in [-0.2, -0.15) is 4.57 Å². The Hall–Kier alpha value is -3.19. The zero-order valence-corrected chi connectivity index (χ0v) is 15.2. The molecule has 3 aromatic carbocycles. The SMILES string of the molecule is Cc1ccc(-[n+]2c(C)cc(-c3ccccc3)cc2-c2ccccc2)cc1. The Bertz CT molecular complexity index is 1020. The van der Waals surface area contributed by atoms with Crippen LogP contribution in [-0.2, 0) is 0 Å². The molecule has 0 radical (unpaired) electrons. The number of benzene rings is 3. The van der Waals surface area contributed by atoms with Crippen LogP contribution in [0.1, 0.15) is 11.3 Å². The molecule has 1 heteroatoms. The van der Waals surface area contributed by atoms with Gasteiger partial charge in [-0.05, 0) is 30.2 Å². The molecule has 0 bridgehead atoms. The minimum atomic E-state index is 1.19. The number of hydrogen-bond acceptors (Lipinski definition) is 0. The second-order valence-corrected chi connectivity index (χ2v) is 6.67. The predicted octanol–water partition coefficient (Wildman–Crippen LogP) is 5.91. The third kappa shape index (κ3) is 3.16. The van der Waals surface area contributed by atoms with Crippen LogP contribution in [0.2, 0.25) is 0 Å². The van der Waals surface area contributed by atoms with Crippen LogP contribution in [0.25, 0.3) is 28.1 Å². The van der Waals surface area contributed by atoms with Crippen molar-refractivity contribution in [2.24, 2.45) is 0 Å². The molecular weight excluding hydrogens is 314 g/mol. The van der Waals surface area contributed by atoms with E-state index in [0.29, 0.717) is 0 Å². The fraction of sp³-hybridized carbons (Fsp3) is 0.0800. The van der Waals surface area contributed by atoms with Gasteiger partial charge in [0.2, 0.25) is 11.4 Å². The van der Waals surface area contributed by atoms with Crippen LogP contribution in [0.4, 0.5) is 0 Å². The summed E-state index contributed by atoms with van der Waals surface area (Å²) in [5.74, 6) is 0. The van der Waals surface area contributed by atoms with E-state index in [2.05, 4.69) is 115 Å². The van der Waals surface area contributed by atoms with Crippen LogP contribution >= 0.6 is 0 Å². The number of hydrogen-bond donors (Lipinski definition) is 0. The fourth-order valence-electron chi connectivity index (χ4n) is 3.39. The molecule has 0 aliphatic heterocycles. The van der Waals surface area contributed by atoms with Gasteiger partial charge < -0.3 is 0 Å². The molecule has 26 heavy (non-hydrogen) atoms. The minimum Gasteiger partial charge on any atom is -0.158 e. The Kier molecular flexibility index (Phi) is 4.37. The minimum absolute atomic E-state index is 1.19. The lowest BCUT2D eigenvalue weighted by molar-refractivity contribution is -0.591. The number of aromatic nitrogens is 1. The highest BCUT2D eigenvalue weighted by molar-refractivity contribution is 5.69. The van der Waals surface area contributed by atoms with E-state index in [4.69, 9.17) is 0 Å². The molecule has 0 saturated carbocycles. The molecule has 4 aromatic rings. The van der Waals surface area contributed by atoms with Gasteiger partial charge in [-0.15, -0.1) is 0 Å². The summed E-state index contributed by atoms with van der Waals surface area (Å²) in [6.07, 6.45) is 0. The molecule has 1 nitrogen and oxygen atoms in total. The molecule has 0 saturated heterocycles. The lowest BCUT2D eigenvalue weighted by Crippen LogP contribution is -2.37. The number of rotatable bonds is 3. The summed E-state index contributed by atoms with van der Waals surface area (Å²) in [7, 11) is 0. The topological polar surface area (TPSA) is 3.88 Å². The highest BCUT2D eigenvalue weighted by Gasteiger charge is 2.20. The van der Waals surface area contributed by atoms with Gasteiger partial charge in [0.1, 0.15) is 0 Å². The van der Waals surface area contributed by atoms with E-state index >= 15 is 0 Å². The summed E-state index contributed by atoms with van der Waals surface area (Å²) in [5, 5.41) is 0. The van der Waals surface area contributed by atoms with Crippen molar-refractivity contribution >= 4 is 0 Å². The van der Waals surface area contributed by atoms with E-state index in [-0.39, 0.29) is 0 Å². The van der Waals surface area contributed by atoms with Gasteiger partial charge in [0.25, 0.3) is 0 Å². The third-order valence-electron chi connectivity index (χ3n) is 4.72. The highest BCUT2D eigenvalue weighted by atomic mass is 15.0. The summed E-state index contributed by atoms with van der Waals surface area (Å²) in [5.41, 5.74) is 8.58. The lowest BCUT2D eigenvalue weighted by atomic mass is 10.0. The van der Waals surface area contributed by atoms with Gasteiger partial charge in [-0.1, -0.05) is 66.2 Å². The normalized spacial score (nSPS) is 10.7. The molecule has 126 valence electrons. The van der Waals surface area contributed by atoms with Crippen molar-refractivity contribution in [1.82, 2.24) is 0 Å². The predicted molar refractivity (Wildman–Crippen MR) is 108 cm³/mol. The number of aryl methyl sites for hydroxylation is 2. The van der Waals surface area contributed by atoms with Gasteiger partial charge in [0.15, 0.2) is 5.69 Å². The van der Waals surface area contributed by atoms with E-state index in [1.54, 1.807) is 0 Å². The molecule has 4 rings (SSSR count). The molecule has 1 heterocycles. The molecule has 0 aliphatic carbocycles. The number of pyridine rings is 1. The molecular formula is C25H22N+. The van der Waals surface area contributed by atoms with Crippen molar-refractivity contribution in [2.75, 3.05) is 0 Å². The van der Waals surface area contributed by atoms with Crippen molar-refractivity contribution in [3.63, 3.8) is 0 Å². The first-order valence-corrected chi connectivity index (χ1v) is 8.97. The van der Waals surface area contributed by atoms with Crippen LogP contribution in [0.15, 0.2) is 97.1 Å². The van der Waals surface area contributed by atoms with E-state index in [0.717, 1.165) is 0 Å². The van der Waals surface area contributed by atoms with Crippen molar-refractivity contribution in [2.45, 2.75) is 13.8 Å². The molecule has 0 amide bonds. The van der Waals surface area contributed by atoms with Gasteiger partial charge in [-0.3, -0.25) is 0 Å². The van der Waals surface area contributed by atoms with Crippen molar-refractivity contribution in [1.29, 1.82) is 0 Å². The molecule has 0 spiro atoms. The van der Waals surface area contributed by atoms with Crippen LogP contribution < -0.4 is 4.57 Å². The van der Waals surface area contributed by atoms with Crippen LogP contribution in [0.5, 0.6) is 0 Å². The van der Waals surface area contributed by atoms with Gasteiger partial charge in [0.05, 0.1) is 0 Å². The number of nitrogens with zero attached hydrogens (tertiary/aromatic N) is 1. The van der Waals surface area contributed by atoms with Crippen molar-refractivity contribution in [3.05, 3.63) is 108 Å². The van der Waals surface area contributed by atoms with Gasteiger partial charge in [-0.25, -0.2) is 0 Å². The molecule has 1 aromatic heterocycles. The lowest BCUT2D eigenvalue weighted by Gasteiger charge is -2.10. The second-order valence-electron chi connectivity index (χ2n) is 6.67. The molecule has 0 atom stereocenters. The zero-order valence-electron chi connectivity index (χ0n) is 15.2. The summed E-state index contributed by atoms with van der Waals surface area (Å²) in [6, 6.07) is 34.5. The maximum atomic E-state index is 2.33. The van der Waals surface area contributed by atoms with Crippen LogP contribution in [0.3, 0.4) is 0 Å². The van der Waals surface area contributed by atoms with Gasteiger partial charge >= 0.3 is 0 Å². The monoisotopic (exact) mass is 336 g/mol. The summed E-state index contributed by atoms with van der Waals surface area (Å²) in [6.45, 7) is 4.30. The van der Waals surface area contributed by atoms with E-state index < -0.39 is 0 Å². The molecule has 0 aliphatic rings. The Morgan fingerprint density at radius 3 is 1.73 bits per heavy atom. The van der Waals surface area contributed by atoms with E-state index in [1.807, 2.05) is 0 Å². The quantitative estimate of drug-likeness (QED) is 0.409. The summed E-state index contributed by atoms with van der Waals surface area (Å²) in [4.78, 5) is 0. The Labute approximate surface area is 155 Å². The summed E-state index contributed by atoms with van der Waals surface area (Å²) < 4.78 is 2.33. The first-order chi connectivity index (χ1) is 12.7. The Morgan fingerprint density at radius 2 is 1.12 bits per heavy atom.